The van der Waals surface area contributed by atoms with Crippen molar-refractivity contribution in [3.8, 4) is 6.07 Å². The Morgan fingerprint density at radius 3 is 2.57 bits per heavy atom. The van der Waals surface area contributed by atoms with Gasteiger partial charge in [0.15, 0.2) is 0 Å². The van der Waals surface area contributed by atoms with Crippen LogP contribution >= 0.6 is 11.6 Å². The summed E-state index contributed by atoms with van der Waals surface area (Å²) in [7, 11) is 0. The largest absolute Gasteiger partial charge is 0.321 e. The monoisotopic (exact) mass is 296 g/mol. The molecule has 0 atom stereocenters. The van der Waals surface area contributed by atoms with Crippen LogP contribution in [0.5, 0.6) is 0 Å². The maximum absolute atomic E-state index is 12.1. The van der Waals surface area contributed by atoms with E-state index in [0.717, 1.165) is 11.1 Å². The van der Waals surface area contributed by atoms with Crippen molar-refractivity contribution in [3.63, 3.8) is 0 Å². The van der Waals surface area contributed by atoms with Crippen LogP contribution in [0.3, 0.4) is 0 Å². The van der Waals surface area contributed by atoms with Gasteiger partial charge in [-0.05, 0) is 36.8 Å². The quantitative estimate of drug-likeness (QED) is 0.682. The lowest BCUT2D eigenvalue weighted by Gasteiger charge is -2.04. The summed E-state index contributed by atoms with van der Waals surface area (Å²) in [5, 5.41) is 12.3. The number of nitrogens with one attached hydrogen (secondary N) is 1. The van der Waals surface area contributed by atoms with Gasteiger partial charge in [0.05, 0.1) is 0 Å². The number of hydrogen-bond donors (Lipinski definition) is 1. The Kier molecular flexibility index (Phi) is 4.76. The lowest BCUT2D eigenvalue weighted by Crippen LogP contribution is -2.13. The van der Waals surface area contributed by atoms with E-state index in [4.69, 9.17) is 16.9 Å². The van der Waals surface area contributed by atoms with Crippen LogP contribution in [-0.2, 0) is 4.79 Å². The highest BCUT2D eigenvalue weighted by Gasteiger charge is 2.09. The van der Waals surface area contributed by atoms with E-state index in [-0.39, 0.29) is 5.57 Å². The van der Waals surface area contributed by atoms with Crippen molar-refractivity contribution < 1.29 is 4.79 Å². The number of anilines is 1. The minimum atomic E-state index is -0.458. The van der Waals surface area contributed by atoms with Crippen LogP contribution in [-0.4, -0.2) is 5.91 Å². The molecule has 0 aromatic heterocycles. The van der Waals surface area contributed by atoms with Crippen molar-refractivity contribution in [2.75, 3.05) is 5.32 Å². The van der Waals surface area contributed by atoms with E-state index in [1.807, 2.05) is 37.3 Å². The summed E-state index contributed by atoms with van der Waals surface area (Å²) in [5.41, 5.74) is 2.52. The average Bonchev–Trinajstić information content (AvgIpc) is 2.46. The zero-order valence-corrected chi connectivity index (χ0v) is 12.2. The number of aryl methyl sites for hydroxylation is 1. The van der Waals surface area contributed by atoms with E-state index < -0.39 is 5.91 Å². The van der Waals surface area contributed by atoms with Gasteiger partial charge in [-0.15, -0.1) is 0 Å². The van der Waals surface area contributed by atoms with Gasteiger partial charge < -0.3 is 5.32 Å². The van der Waals surface area contributed by atoms with Gasteiger partial charge in [-0.2, -0.15) is 5.26 Å². The molecule has 21 heavy (non-hydrogen) atoms. The topological polar surface area (TPSA) is 52.9 Å². The van der Waals surface area contributed by atoms with Crippen molar-refractivity contribution in [2.45, 2.75) is 6.92 Å². The molecule has 0 radical (unpaired) electrons. The third-order valence-electron chi connectivity index (χ3n) is 2.84. The summed E-state index contributed by atoms with van der Waals surface area (Å²) in [4.78, 5) is 12.1. The molecule has 0 unspecified atom stereocenters. The molecule has 0 saturated carbocycles. The number of benzene rings is 2. The summed E-state index contributed by atoms with van der Waals surface area (Å²) >= 11 is 5.86. The standard InChI is InChI=1S/C17H13ClN2O/c1-12-5-7-13(8-6-12)9-14(11-19)17(21)20-16-4-2-3-15(18)10-16/h2-10H,1H3,(H,20,21)/b14-9+. The molecule has 0 bridgehead atoms. The number of amides is 1. The molecular formula is C17H13ClN2O. The molecule has 0 spiro atoms. The number of carbonyl (C=O) groups is 1. The van der Waals surface area contributed by atoms with Crippen molar-refractivity contribution in [2.24, 2.45) is 0 Å². The molecule has 2 aromatic rings. The van der Waals surface area contributed by atoms with E-state index >= 15 is 0 Å². The summed E-state index contributed by atoms with van der Waals surface area (Å²) in [6.07, 6.45) is 1.55. The molecule has 3 nitrogen and oxygen atoms in total. The van der Waals surface area contributed by atoms with Crippen LogP contribution in [0.15, 0.2) is 54.1 Å². The van der Waals surface area contributed by atoms with Gasteiger partial charge in [0.2, 0.25) is 0 Å². The highest BCUT2D eigenvalue weighted by atomic mass is 35.5. The van der Waals surface area contributed by atoms with Gasteiger partial charge in [0.25, 0.3) is 5.91 Å². The fraction of sp³-hybridized carbons (Fsp3) is 0.0588. The van der Waals surface area contributed by atoms with E-state index in [1.54, 1.807) is 30.3 Å². The second-order valence-electron chi connectivity index (χ2n) is 4.54. The second kappa shape index (κ2) is 6.74. The maximum atomic E-state index is 12.1. The lowest BCUT2D eigenvalue weighted by atomic mass is 10.1. The first-order chi connectivity index (χ1) is 10.1. The van der Waals surface area contributed by atoms with Crippen LogP contribution in [0.4, 0.5) is 5.69 Å². The molecule has 0 saturated heterocycles. The van der Waals surface area contributed by atoms with Crippen LogP contribution in [0.25, 0.3) is 6.08 Å². The van der Waals surface area contributed by atoms with Crippen molar-refractivity contribution >= 4 is 29.3 Å². The highest BCUT2D eigenvalue weighted by Crippen LogP contribution is 2.16. The third-order valence-corrected chi connectivity index (χ3v) is 3.07. The molecular weight excluding hydrogens is 284 g/mol. The molecule has 104 valence electrons. The maximum Gasteiger partial charge on any atom is 0.266 e. The predicted molar refractivity (Wildman–Crippen MR) is 84.9 cm³/mol. The number of nitrogens with zero attached hydrogens (tertiary/aromatic N) is 1. The third kappa shape index (κ3) is 4.20. The number of hydrogen-bond acceptors (Lipinski definition) is 2. The molecule has 1 amide bonds. The second-order valence-corrected chi connectivity index (χ2v) is 4.98. The fourth-order valence-electron chi connectivity index (χ4n) is 1.74. The number of carbonyl (C=O) groups excluding carboxylic acids is 1. The molecule has 2 rings (SSSR count). The Balaban J connectivity index is 2.19. The summed E-state index contributed by atoms with van der Waals surface area (Å²) in [5.74, 6) is -0.458. The Hall–Kier alpha value is -2.57. The summed E-state index contributed by atoms with van der Waals surface area (Å²) in [6, 6.07) is 16.3. The zero-order chi connectivity index (χ0) is 15.2. The van der Waals surface area contributed by atoms with Crippen LogP contribution in [0, 0.1) is 18.3 Å². The van der Waals surface area contributed by atoms with E-state index in [2.05, 4.69) is 5.32 Å². The summed E-state index contributed by atoms with van der Waals surface area (Å²) < 4.78 is 0. The first kappa shape index (κ1) is 14.8. The number of nitriles is 1. The van der Waals surface area contributed by atoms with Gasteiger partial charge in [0, 0.05) is 10.7 Å². The SMILES string of the molecule is Cc1ccc(/C=C(\C#N)C(=O)Nc2cccc(Cl)c2)cc1. The zero-order valence-electron chi connectivity index (χ0n) is 11.4. The van der Waals surface area contributed by atoms with E-state index in [0.29, 0.717) is 10.7 Å². The molecule has 4 heteroatoms. The predicted octanol–water partition coefficient (Wildman–Crippen LogP) is 4.19. The van der Waals surface area contributed by atoms with Crippen LogP contribution < -0.4 is 5.32 Å². The molecule has 0 aliphatic rings. The van der Waals surface area contributed by atoms with E-state index in [1.165, 1.54) is 0 Å². The molecule has 0 aliphatic heterocycles. The van der Waals surface area contributed by atoms with Gasteiger partial charge in [0.1, 0.15) is 11.6 Å². The van der Waals surface area contributed by atoms with E-state index in [9.17, 15) is 4.79 Å². The molecule has 0 fully saturated rings. The first-order valence-electron chi connectivity index (χ1n) is 6.34. The smallest absolute Gasteiger partial charge is 0.266 e. The fourth-order valence-corrected chi connectivity index (χ4v) is 1.93. The Morgan fingerprint density at radius 2 is 1.95 bits per heavy atom. The van der Waals surface area contributed by atoms with Crippen molar-refractivity contribution in [3.05, 3.63) is 70.3 Å². The minimum Gasteiger partial charge on any atom is -0.321 e. The van der Waals surface area contributed by atoms with Gasteiger partial charge in [-0.3, -0.25) is 4.79 Å². The van der Waals surface area contributed by atoms with Gasteiger partial charge in [-0.1, -0.05) is 47.5 Å². The summed E-state index contributed by atoms with van der Waals surface area (Å²) in [6.45, 7) is 1.98. The van der Waals surface area contributed by atoms with Crippen molar-refractivity contribution in [1.29, 1.82) is 5.26 Å². The Bertz CT molecular complexity index is 727. The van der Waals surface area contributed by atoms with Crippen LogP contribution in [0.2, 0.25) is 5.02 Å². The van der Waals surface area contributed by atoms with Gasteiger partial charge in [-0.25, -0.2) is 0 Å². The molecule has 0 aliphatic carbocycles. The normalized spacial score (nSPS) is 10.8. The van der Waals surface area contributed by atoms with Crippen molar-refractivity contribution in [1.82, 2.24) is 0 Å². The number of halogens is 1. The average molecular weight is 297 g/mol. The minimum absolute atomic E-state index is 0.0406. The highest BCUT2D eigenvalue weighted by molar-refractivity contribution is 6.31. The van der Waals surface area contributed by atoms with Gasteiger partial charge >= 0.3 is 0 Å². The lowest BCUT2D eigenvalue weighted by molar-refractivity contribution is -0.112. The molecule has 0 heterocycles. The first-order valence-corrected chi connectivity index (χ1v) is 6.71. The van der Waals surface area contributed by atoms with Crippen LogP contribution in [0.1, 0.15) is 11.1 Å². The Labute approximate surface area is 128 Å². The molecule has 1 N–H and O–H groups in total. The number of rotatable bonds is 3. The Morgan fingerprint density at radius 1 is 1.24 bits per heavy atom. The molecule has 2 aromatic carbocycles.